The lowest BCUT2D eigenvalue weighted by Gasteiger charge is -2.19. The van der Waals surface area contributed by atoms with Gasteiger partial charge in [-0.3, -0.25) is 0 Å². The first-order valence-corrected chi connectivity index (χ1v) is 5.32. The summed E-state index contributed by atoms with van der Waals surface area (Å²) in [6.07, 6.45) is 4.19. The van der Waals surface area contributed by atoms with Crippen LogP contribution in [0.5, 0.6) is 0 Å². The smallest absolute Gasteiger partial charge is 0.0146 e. The lowest BCUT2D eigenvalue weighted by molar-refractivity contribution is 0.405. The van der Waals surface area contributed by atoms with Gasteiger partial charge in [-0.05, 0) is 23.7 Å². The zero-order valence-corrected chi connectivity index (χ0v) is 10.6. The van der Waals surface area contributed by atoms with Gasteiger partial charge in [0.15, 0.2) is 0 Å². The van der Waals surface area contributed by atoms with Gasteiger partial charge in [0.2, 0.25) is 0 Å². The Balaban J connectivity index is 4.05. The summed E-state index contributed by atoms with van der Waals surface area (Å²) in [4.78, 5) is 0. The van der Waals surface area contributed by atoms with Gasteiger partial charge in [0.25, 0.3) is 0 Å². The van der Waals surface area contributed by atoms with E-state index in [1.807, 2.05) is 0 Å². The van der Waals surface area contributed by atoms with Gasteiger partial charge in [-0.25, -0.2) is 0 Å². The molecule has 0 spiro atoms. The van der Waals surface area contributed by atoms with E-state index in [1.54, 1.807) is 0 Å². The summed E-state index contributed by atoms with van der Waals surface area (Å²) >= 11 is 6.13. The first-order chi connectivity index (χ1) is 5.60. The van der Waals surface area contributed by atoms with E-state index in [2.05, 4.69) is 47.6 Å². The predicted molar refractivity (Wildman–Crippen MR) is 62.1 cm³/mol. The molecular weight excluding hydrogens is 180 g/mol. The van der Waals surface area contributed by atoms with Gasteiger partial charge < -0.3 is 0 Å². The molecule has 0 fully saturated rings. The molecule has 0 nitrogen and oxygen atoms in total. The molecule has 1 heteroatoms. The molecule has 0 aliphatic rings. The Bertz CT molecular complexity index is 176. The van der Waals surface area contributed by atoms with E-state index >= 15 is 0 Å². The molecule has 0 amide bonds. The third-order valence-electron chi connectivity index (χ3n) is 1.64. The maximum absolute atomic E-state index is 6.13. The molecule has 13 heavy (non-hydrogen) atoms. The summed E-state index contributed by atoms with van der Waals surface area (Å²) in [7, 11) is 0. The van der Waals surface area contributed by atoms with E-state index in [9.17, 15) is 0 Å². The summed E-state index contributed by atoms with van der Waals surface area (Å²) in [5.74, 6) is 0. The predicted octanol–water partition coefficient (Wildman–Crippen LogP) is 4.98. The van der Waals surface area contributed by atoms with Gasteiger partial charge in [-0.2, -0.15) is 0 Å². The quantitative estimate of drug-likeness (QED) is 0.593. The third kappa shape index (κ3) is 9.95. The zero-order valence-electron chi connectivity index (χ0n) is 9.87. The zero-order chi connectivity index (χ0) is 10.7. The molecule has 0 bridgehead atoms. The summed E-state index contributed by atoms with van der Waals surface area (Å²) in [6, 6.07) is 0. The van der Waals surface area contributed by atoms with Gasteiger partial charge >= 0.3 is 0 Å². The molecule has 0 saturated carbocycles. The normalized spacial score (nSPS) is 14.8. The summed E-state index contributed by atoms with van der Waals surface area (Å²) in [5.41, 5.74) is 0.642. The number of allylic oxidation sites excluding steroid dienone is 2. The van der Waals surface area contributed by atoms with Crippen molar-refractivity contribution in [3.8, 4) is 0 Å². The molecule has 0 saturated heterocycles. The minimum absolute atomic E-state index is 0.297. The fraction of sp³-hybridized carbons (Fsp3) is 0.833. The Hall–Kier alpha value is 0.0300. The minimum Gasteiger partial charge on any atom is -0.0895 e. The van der Waals surface area contributed by atoms with Crippen molar-refractivity contribution in [1.29, 1.82) is 0 Å². The topological polar surface area (TPSA) is 0 Å². The molecule has 0 N–H and O–H groups in total. The van der Waals surface area contributed by atoms with Crippen LogP contribution in [0.1, 0.15) is 54.4 Å². The lowest BCUT2D eigenvalue weighted by atomic mass is 9.89. The first-order valence-electron chi connectivity index (χ1n) is 4.95. The SMILES string of the molecule is CC(C)(C)CC=C(Cl)CC(C)(C)C. The van der Waals surface area contributed by atoms with Crippen molar-refractivity contribution in [3.63, 3.8) is 0 Å². The summed E-state index contributed by atoms with van der Waals surface area (Å²) < 4.78 is 0. The van der Waals surface area contributed by atoms with E-state index in [-0.39, 0.29) is 0 Å². The number of hydrogen-bond donors (Lipinski definition) is 0. The van der Waals surface area contributed by atoms with Gasteiger partial charge in [0.1, 0.15) is 0 Å². The second kappa shape index (κ2) is 4.50. The van der Waals surface area contributed by atoms with Gasteiger partial charge in [-0.15, -0.1) is 0 Å². The Kier molecular flexibility index (Phi) is 4.51. The van der Waals surface area contributed by atoms with Crippen LogP contribution in [0, 0.1) is 10.8 Å². The van der Waals surface area contributed by atoms with E-state index < -0.39 is 0 Å². The lowest BCUT2D eigenvalue weighted by Crippen LogP contribution is -2.06. The van der Waals surface area contributed by atoms with E-state index in [4.69, 9.17) is 11.6 Å². The van der Waals surface area contributed by atoms with Gasteiger partial charge in [0, 0.05) is 5.03 Å². The average Bonchev–Trinajstić information content (AvgIpc) is 1.78. The molecule has 0 aromatic rings. The van der Waals surface area contributed by atoms with Crippen LogP contribution in [0.4, 0.5) is 0 Å². The standard InChI is InChI=1S/C12H23Cl/c1-11(2,3)8-7-10(13)9-12(4,5)6/h7H,8-9H2,1-6H3. The highest BCUT2D eigenvalue weighted by Gasteiger charge is 2.13. The Morgan fingerprint density at radius 1 is 1.00 bits per heavy atom. The summed E-state index contributed by atoms with van der Waals surface area (Å²) in [6.45, 7) is 13.3. The Labute approximate surface area is 88.4 Å². The molecule has 0 aliphatic heterocycles. The molecule has 0 aliphatic carbocycles. The van der Waals surface area contributed by atoms with Crippen LogP contribution in [0.25, 0.3) is 0 Å². The molecule has 0 radical (unpaired) electrons. The van der Waals surface area contributed by atoms with Crippen molar-refractivity contribution < 1.29 is 0 Å². The molecule has 0 rings (SSSR count). The van der Waals surface area contributed by atoms with Crippen molar-refractivity contribution in [2.45, 2.75) is 54.4 Å². The second-order valence-electron chi connectivity index (χ2n) is 6.15. The summed E-state index contributed by atoms with van der Waals surface area (Å²) in [5, 5.41) is 1.00. The van der Waals surface area contributed by atoms with E-state index in [1.165, 1.54) is 0 Å². The van der Waals surface area contributed by atoms with Crippen molar-refractivity contribution in [2.24, 2.45) is 10.8 Å². The van der Waals surface area contributed by atoms with Crippen molar-refractivity contribution in [2.75, 3.05) is 0 Å². The van der Waals surface area contributed by atoms with Gasteiger partial charge in [-0.1, -0.05) is 59.2 Å². The van der Waals surface area contributed by atoms with Crippen LogP contribution < -0.4 is 0 Å². The minimum atomic E-state index is 0.297. The number of halogens is 1. The first kappa shape index (κ1) is 13.0. The molecule has 0 aromatic carbocycles. The molecular formula is C12H23Cl. The molecule has 0 unspecified atom stereocenters. The highest BCUT2D eigenvalue weighted by Crippen LogP contribution is 2.28. The second-order valence-corrected chi connectivity index (χ2v) is 6.64. The van der Waals surface area contributed by atoms with Crippen molar-refractivity contribution in [3.05, 3.63) is 11.1 Å². The molecule has 0 heterocycles. The largest absolute Gasteiger partial charge is 0.0895 e. The number of rotatable bonds is 2. The van der Waals surface area contributed by atoms with Crippen molar-refractivity contribution in [1.82, 2.24) is 0 Å². The maximum Gasteiger partial charge on any atom is 0.0146 e. The fourth-order valence-corrected chi connectivity index (χ4v) is 1.47. The van der Waals surface area contributed by atoms with Crippen LogP contribution in [0.2, 0.25) is 0 Å². The molecule has 78 valence electrons. The van der Waals surface area contributed by atoms with Crippen molar-refractivity contribution >= 4 is 11.6 Å². The molecule has 0 atom stereocenters. The van der Waals surface area contributed by atoms with E-state index in [0.29, 0.717) is 10.8 Å². The van der Waals surface area contributed by atoms with E-state index in [0.717, 1.165) is 17.9 Å². The maximum atomic E-state index is 6.13. The van der Waals surface area contributed by atoms with Crippen LogP contribution in [0.15, 0.2) is 11.1 Å². The van der Waals surface area contributed by atoms with Crippen LogP contribution >= 0.6 is 11.6 Å². The fourth-order valence-electron chi connectivity index (χ4n) is 0.996. The number of hydrogen-bond acceptors (Lipinski definition) is 0. The molecule has 0 aromatic heterocycles. The Morgan fingerprint density at radius 3 is 1.77 bits per heavy atom. The van der Waals surface area contributed by atoms with Gasteiger partial charge in [0.05, 0.1) is 0 Å². The van der Waals surface area contributed by atoms with Crippen LogP contribution in [0.3, 0.4) is 0 Å². The average molecular weight is 203 g/mol. The highest BCUT2D eigenvalue weighted by atomic mass is 35.5. The van der Waals surface area contributed by atoms with Crippen LogP contribution in [-0.4, -0.2) is 0 Å². The monoisotopic (exact) mass is 202 g/mol. The Morgan fingerprint density at radius 2 is 1.46 bits per heavy atom. The van der Waals surface area contributed by atoms with Crippen LogP contribution in [-0.2, 0) is 0 Å². The highest BCUT2D eigenvalue weighted by molar-refractivity contribution is 6.29. The third-order valence-corrected chi connectivity index (χ3v) is 1.92.